The third-order valence-corrected chi connectivity index (χ3v) is 3.98. The van der Waals surface area contributed by atoms with Gasteiger partial charge < -0.3 is 15.4 Å². The first-order valence-corrected chi connectivity index (χ1v) is 6.85. The van der Waals surface area contributed by atoms with Crippen molar-refractivity contribution in [1.82, 2.24) is 4.90 Å². The predicted octanol–water partition coefficient (Wildman–Crippen LogP) is 1.81. The van der Waals surface area contributed by atoms with Gasteiger partial charge in [0.25, 0.3) is 5.91 Å². The predicted molar refractivity (Wildman–Crippen MR) is 74.5 cm³/mol. The molecule has 108 valence electrons. The van der Waals surface area contributed by atoms with Gasteiger partial charge in [0, 0.05) is 17.6 Å². The molecule has 0 radical (unpaired) electrons. The molecular formula is C13H14BrFN2O3. The number of hydrogen-bond donors (Lipinski definition) is 1. The maximum Gasteiger partial charge on any atom is 0.310 e. The molecular weight excluding hydrogens is 331 g/mol. The van der Waals surface area contributed by atoms with Crippen LogP contribution in [0, 0.1) is 11.7 Å². The van der Waals surface area contributed by atoms with Crippen molar-refractivity contribution in [1.29, 1.82) is 0 Å². The number of esters is 1. The van der Waals surface area contributed by atoms with Crippen LogP contribution in [0.3, 0.4) is 0 Å². The van der Waals surface area contributed by atoms with E-state index in [-0.39, 0.29) is 29.0 Å². The smallest absolute Gasteiger partial charge is 0.310 e. The molecule has 1 amide bonds. The van der Waals surface area contributed by atoms with Crippen LogP contribution >= 0.6 is 15.9 Å². The van der Waals surface area contributed by atoms with Crippen LogP contribution < -0.4 is 5.73 Å². The van der Waals surface area contributed by atoms with E-state index in [1.165, 1.54) is 13.2 Å². The van der Waals surface area contributed by atoms with Crippen molar-refractivity contribution in [3.05, 3.63) is 28.0 Å². The first-order valence-electron chi connectivity index (χ1n) is 6.05. The van der Waals surface area contributed by atoms with Crippen LogP contribution in [-0.2, 0) is 9.53 Å². The van der Waals surface area contributed by atoms with Crippen molar-refractivity contribution in [2.24, 2.45) is 5.92 Å². The Morgan fingerprint density at radius 2 is 2.20 bits per heavy atom. The van der Waals surface area contributed by atoms with Gasteiger partial charge in [-0.25, -0.2) is 4.39 Å². The van der Waals surface area contributed by atoms with Crippen LogP contribution in [0.15, 0.2) is 16.6 Å². The fraction of sp³-hybridized carbons (Fsp3) is 0.385. The molecule has 1 aromatic carbocycles. The lowest BCUT2D eigenvalue weighted by atomic mass is 10.1. The maximum absolute atomic E-state index is 13.3. The van der Waals surface area contributed by atoms with Crippen LogP contribution in [0.25, 0.3) is 0 Å². The molecule has 1 aliphatic rings. The van der Waals surface area contributed by atoms with Crippen LogP contribution in [0.1, 0.15) is 16.8 Å². The van der Waals surface area contributed by atoms with E-state index in [0.29, 0.717) is 24.0 Å². The third kappa shape index (κ3) is 2.77. The summed E-state index contributed by atoms with van der Waals surface area (Å²) in [6, 6.07) is 2.46. The van der Waals surface area contributed by atoms with Gasteiger partial charge in [0.05, 0.1) is 24.3 Å². The van der Waals surface area contributed by atoms with Crippen molar-refractivity contribution < 1.29 is 18.7 Å². The number of halogens is 2. The summed E-state index contributed by atoms with van der Waals surface area (Å²) in [6.07, 6.45) is 0.562. The summed E-state index contributed by atoms with van der Waals surface area (Å²) in [4.78, 5) is 25.3. The summed E-state index contributed by atoms with van der Waals surface area (Å²) in [7, 11) is 1.32. The van der Waals surface area contributed by atoms with Crippen molar-refractivity contribution in [3.63, 3.8) is 0 Å². The normalized spacial score (nSPS) is 18.1. The van der Waals surface area contributed by atoms with Gasteiger partial charge in [-0.05, 0) is 34.5 Å². The monoisotopic (exact) mass is 344 g/mol. The zero-order chi connectivity index (χ0) is 14.9. The lowest BCUT2D eigenvalue weighted by Gasteiger charge is -2.17. The van der Waals surface area contributed by atoms with Gasteiger partial charge in [-0.1, -0.05) is 0 Å². The van der Waals surface area contributed by atoms with E-state index in [0.717, 1.165) is 6.07 Å². The first kappa shape index (κ1) is 14.8. The number of likely N-dealkylation sites (tertiary alicyclic amines) is 1. The van der Waals surface area contributed by atoms with Crippen LogP contribution in [0.2, 0.25) is 0 Å². The topological polar surface area (TPSA) is 72.6 Å². The second-order valence-corrected chi connectivity index (χ2v) is 5.47. The maximum atomic E-state index is 13.3. The summed E-state index contributed by atoms with van der Waals surface area (Å²) in [5.41, 5.74) is 5.69. The number of amides is 1. The minimum atomic E-state index is -0.581. The Kier molecular flexibility index (Phi) is 4.27. The van der Waals surface area contributed by atoms with Gasteiger partial charge in [-0.3, -0.25) is 9.59 Å². The van der Waals surface area contributed by atoms with Gasteiger partial charge in [-0.15, -0.1) is 0 Å². The highest BCUT2D eigenvalue weighted by molar-refractivity contribution is 9.10. The Bertz CT molecular complexity index is 565. The summed E-state index contributed by atoms with van der Waals surface area (Å²) < 4.78 is 18.3. The second-order valence-electron chi connectivity index (χ2n) is 4.61. The van der Waals surface area contributed by atoms with E-state index in [2.05, 4.69) is 20.7 Å². The largest absolute Gasteiger partial charge is 0.469 e. The minimum Gasteiger partial charge on any atom is -0.469 e. The fourth-order valence-corrected chi connectivity index (χ4v) is 2.69. The van der Waals surface area contributed by atoms with Crippen LogP contribution in [-0.4, -0.2) is 37.0 Å². The van der Waals surface area contributed by atoms with Crippen LogP contribution in [0.5, 0.6) is 0 Å². The fourth-order valence-electron chi connectivity index (χ4n) is 2.20. The van der Waals surface area contributed by atoms with E-state index < -0.39 is 5.82 Å². The Morgan fingerprint density at radius 3 is 2.85 bits per heavy atom. The van der Waals surface area contributed by atoms with Gasteiger partial charge in [0.2, 0.25) is 0 Å². The van der Waals surface area contributed by atoms with Gasteiger partial charge in [0.15, 0.2) is 0 Å². The average Bonchev–Trinajstić information content (AvgIpc) is 2.91. The number of nitrogens with zero attached hydrogens (tertiary/aromatic N) is 1. The molecule has 1 unspecified atom stereocenters. The lowest BCUT2D eigenvalue weighted by Crippen LogP contribution is -2.30. The molecule has 0 spiro atoms. The van der Waals surface area contributed by atoms with Crippen molar-refractivity contribution in [2.45, 2.75) is 6.42 Å². The van der Waals surface area contributed by atoms with Gasteiger partial charge >= 0.3 is 5.97 Å². The molecule has 7 heteroatoms. The van der Waals surface area contributed by atoms with Crippen molar-refractivity contribution in [2.75, 3.05) is 25.9 Å². The van der Waals surface area contributed by atoms with E-state index in [4.69, 9.17) is 5.73 Å². The molecule has 2 rings (SSSR count). The number of nitrogen functional groups attached to an aromatic ring is 1. The molecule has 1 fully saturated rings. The Labute approximate surface area is 124 Å². The number of methoxy groups -OCH3 is 1. The highest BCUT2D eigenvalue weighted by atomic mass is 79.9. The number of benzene rings is 1. The van der Waals surface area contributed by atoms with Crippen molar-refractivity contribution in [3.8, 4) is 0 Å². The number of ether oxygens (including phenoxy) is 1. The molecule has 0 aromatic heterocycles. The summed E-state index contributed by atoms with van der Waals surface area (Å²) in [5.74, 6) is -1.49. The number of hydrogen-bond acceptors (Lipinski definition) is 4. The quantitative estimate of drug-likeness (QED) is 0.655. The molecule has 0 bridgehead atoms. The van der Waals surface area contributed by atoms with Gasteiger partial charge in [-0.2, -0.15) is 0 Å². The van der Waals surface area contributed by atoms with Gasteiger partial charge in [0.1, 0.15) is 5.82 Å². The van der Waals surface area contributed by atoms with E-state index in [9.17, 15) is 14.0 Å². The minimum absolute atomic E-state index is 0.0831. The zero-order valence-electron chi connectivity index (χ0n) is 10.9. The standard InChI is InChI=1S/C13H14BrFN2O3/c1-20-13(19)7-2-3-17(6-7)12(18)8-4-11(16)10(15)5-9(8)14/h4-5,7H,2-3,6,16H2,1H3. The molecule has 1 atom stereocenters. The van der Waals surface area contributed by atoms with E-state index >= 15 is 0 Å². The molecule has 1 aliphatic heterocycles. The van der Waals surface area contributed by atoms with Crippen molar-refractivity contribution >= 4 is 33.5 Å². The molecule has 1 saturated heterocycles. The Hall–Kier alpha value is -1.63. The van der Waals surface area contributed by atoms with E-state index in [1.54, 1.807) is 4.90 Å². The first-order chi connectivity index (χ1) is 9.43. The summed E-state index contributed by atoms with van der Waals surface area (Å²) in [5, 5.41) is 0. The molecule has 1 aromatic rings. The third-order valence-electron chi connectivity index (χ3n) is 3.33. The molecule has 0 saturated carbocycles. The molecule has 1 heterocycles. The Balaban J connectivity index is 2.17. The highest BCUT2D eigenvalue weighted by Crippen LogP contribution is 2.26. The molecule has 20 heavy (non-hydrogen) atoms. The number of nitrogens with two attached hydrogens (primary N) is 1. The number of anilines is 1. The SMILES string of the molecule is COC(=O)C1CCN(C(=O)c2cc(N)c(F)cc2Br)C1. The molecule has 5 nitrogen and oxygen atoms in total. The highest BCUT2D eigenvalue weighted by Gasteiger charge is 2.32. The number of carbonyl (C=O) groups excluding carboxylic acids is 2. The molecule has 2 N–H and O–H groups in total. The second kappa shape index (κ2) is 5.78. The number of carbonyl (C=O) groups is 2. The summed E-state index contributed by atoms with van der Waals surface area (Å²) >= 11 is 3.15. The van der Waals surface area contributed by atoms with E-state index in [1.807, 2.05) is 0 Å². The summed E-state index contributed by atoms with van der Waals surface area (Å²) in [6.45, 7) is 0.761. The average molecular weight is 345 g/mol. The molecule has 0 aliphatic carbocycles. The zero-order valence-corrected chi connectivity index (χ0v) is 12.4. The van der Waals surface area contributed by atoms with Crippen LogP contribution in [0.4, 0.5) is 10.1 Å². The number of rotatable bonds is 2. The lowest BCUT2D eigenvalue weighted by molar-refractivity contribution is -0.144. The Morgan fingerprint density at radius 1 is 1.50 bits per heavy atom.